The molecule has 1 atom stereocenters. The third-order valence-electron chi connectivity index (χ3n) is 3.47. The largest absolute Gasteiger partial charge is 0.339 e. The van der Waals surface area contributed by atoms with E-state index in [0.717, 1.165) is 24.1 Å². The lowest BCUT2D eigenvalue weighted by Crippen LogP contribution is -2.11. The van der Waals surface area contributed by atoms with Gasteiger partial charge in [0.25, 0.3) is 0 Å². The van der Waals surface area contributed by atoms with Crippen LogP contribution in [0.25, 0.3) is 0 Å². The minimum absolute atomic E-state index is 0.198. The Hall–Kier alpha value is -0.900. The molecule has 0 saturated heterocycles. The molecule has 1 unspecified atom stereocenters. The normalized spacial score (nSPS) is 19.9. The van der Waals surface area contributed by atoms with E-state index in [1.54, 1.807) is 0 Å². The summed E-state index contributed by atoms with van der Waals surface area (Å²) in [5, 5.41) is 3.99. The highest BCUT2D eigenvalue weighted by molar-refractivity contribution is 4.95. The summed E-state index contributed by atoms with van der Waals surface area (Å²) in [5.41, 5.74) is 5.58. The molecule has 0 aromatic carbocycles. The molecule has 4 heteroatoms. The van der Waals surface area contributed by atoms with Crippen molar-refractivity contribution in [3.05, 3.63) is 11.7 Å². The van der Waals surface area contributed by atoms with Crippen molar-refractivity contribution >= 4 is 0 Å². The fourth-order valence-corrected chi connectivity index (χ4v) is 2.29. The van der Waals surface area contributed by atoms with Crippen LogP contribution in [0.1, 0.15) is 56.7 Å². The molecule has 1 aliphatic carbocycles. The van der Waals surface area contributed by atoms with Crippen molar-refractivity contribution in [3.8, 4) is 0 Å². The van der Waals surface area contributed by atoms with Crippen molar-refractivity contribution in [1.82, 2.24) is 10.1 Å². The Morgan fingerprint density at radius 1 is 1.38 bits per heavy atom. The Labute approximate surface area is 96.6 Å². The lowest BCUT2D eigenvalue weighted by molar-refractivity contribution is 0.303. The van der Waals surface area contributed by atoms with Crippen molar-refractivity contribution in [1.29, 1.82) is 0 Å². The summed E-state index contributed by atoms with van der Waals surface area (Å²) in [7, 11) is 0. The quantitative estimate of drug-likeness (QED) is 0.850. The minimum atomic E-state index is 0.198. The zero-order chi connectivity index (χ0) is 11.4. The van der Waals surface area contributed by atoms with Crippen molar-refractivity contribution in [2.24, 2.45) is 11.7 Å². The highest BCUT2D eigenvalue weighted by atomic mass is 16.5. The molecule has 2 rings (SSSR count). The van der Waals surface area contributed by atoms with Crippen molar-refractivity contribution < 1.29 is 4.52 Å². The van der Waals surface area contributed by atoms with Gasteiger partial charge in [0.05, 0.1) is 0 Å². The molecule has 0 radical (unpaired) electrons. The van der Waals surface area contributed by atoms with E-state index in [4.69, 9.17) is 10.3 Å². The highest BCUT2D eigenvalue weighted by Gasteiger charge is 2.18. The second-order valence-corrected chi connectivity index (χ2v) is 4.89. The van der Waals surface area contributed by atoms with Gasteiger partial charge in [0.15, 0.2) is 5.82 Å². The summed E-state index contributed by atoms with van der Waals surface area (Å²) in [5.74, 6) is 2.49. The molecule has 1 aliphatic rings. The first-order valence-corrected chi connectivity index (χ1v) is 6.32. The Bertz CT molecular complexity index is 318. The van der Waals surface area contributed by atoms with E-state index in [2.05, 4.69) is 10.1 Å². The Morgan fingerprint density at radius 2 is 2.12 bits per heavy atom. The standard InChI is InChI=1S/C12H21N3O/c1-9(8-13)12-14-11(16-15-12)7-10-5-3-2-4-6-10/h9-10H,2-8,13H2,1H3. The summed E-state index contributed by atoms with van der Waals surface area (Å²) >= 11 is 0. The molecule has 0 bridgehead atoms. The molecule has 0 spiro atoms. The maximum atomic E-state index is 5.58. The van der Waals surface area contributed by atoms with Crippen LogP contribution >= 0.6 is 0 Å². The van der Waals surface area contributed by atoms with Crippen LogP contribution in [0.5, 0.6) is 0 Å². The van der Waals surface area contributed by atoms with Gasteiger partial charge in [-0.3, -0.25) is 0 Å². The van der Waals surface area contributed by atoms with Gasteiger partial charge in [-0.2, -0.15) is 4.98 Å². The molecular formula is C12H21N3O. The number of aromatic nitrogens is 2. The van der Waals surface area contributed by atoms with Gasteiger partial charge in [0, 0.05) is 18.9 Å². The lowest BCUT2D eigenvalue weighted by Gasteiger charge is -2.19. The molecular weight excluding hydrogens is 202 g/mol. The molecule has 16 heavy (non-hydrogen) atoms. The van der Waals surface area contributed by atoms with Crippen LogP contribution in [0.3, 0.4) is 0 Å². The van der Waals surface area contributed by atoms with E-state index < -0.39 is 0 Å². The third kappa shape index (κ3) is 2.82. The van der Waals surface area contributed by atoms with Gasteiger partial charge >= 0.3 is 0 Å². The average molecular weight is 223 g/mol. The highest BCUT2D eigenvalue weighted by Crippen LogP contribution is 2.26. The van der Waals surface area contributed by atoms with E-state index in [9.17, 15) is 0 Å². The zero-order valence-corrected chi connectivity index (χ0v) is 9.98. The first-order chi connectivity index (χ1) is 7.79. The summed E-state index contributed by atoms with van der Waals surface area (Å²) < 4.78 is 5.27. The fraction of sp³-hybridized carbons (Fsp3) is 0.833. The number of hydrogen-bond acceptors (Lipinski definition) is 4. The molecule has 0 aliphatic heterocycles. The first kappa shape index (κ1) is 11.6. The van der Waals surface area contributed by atoms with Crippen LogP contribution in [-0.2, 0) is 6.42 Å². The third-order valence-corrected chi connectivity index (χ3v) is 3.47. The van der Waals surface area contributed by atoms with Crippen molar-refractivity contribution in [2.75, 3.05) is 6.54 Å². The predicted molar refractivity (Wildman–Crippen MR) is 62.0 cm³/mol. The zero-order valence-electron chi connectivity index (χ0n) is 9.98. The first-order valence-electron chi connectivity index (χ1n) is 6.32. The van der Waals surface area contributed by atoms with Crippen LogP contribution in [0.15, 0.2) is 4.52 Å². The molecule has 90 valence electrons. The minimum Gasteiger partial charge on any atom is -0.339 e. The molecule has 1 heterocycles. The van der Waals surface area contributed by atoms with E-state index in [0.29, 0.717) is 6.54 Å². The van der Waals surface area contributed by atoms with Gasteiger partial charge in [0.1, 0.15) is 0 Å². The van der Waals surface area contributed by atoms with Crippen LogP contribution in [0, 0.1) is 5.92 Å². The van der Waals surface area contributed by atoms with Crippen LogP contribution in [0.2, 0.25) is 0 Å². The Kier molecular flexibility index (Phi) is 3.93. The fourth-order valence-electron chi connectivity index (χ4n) is 2.29. The number of hydrogen-bond donors (Lipinski definition) is 1. The maximum absolute atomic E-state index is 5.58. The summed E-state index contributed by atoms with van der Waals surface area (Å²) in [4.78, 5) is 4.42. The summed E-state index contributed by atoms with van der Waals surface area (Å²) in [6, 6.07) is 0. The van der Waals surface area contributed by atoms with Crippen molar-refractivity contribution in [2.45, 2.75) is 51.4 Å². The van der Waals surface area contributed by atoms with Crippen LogP contribution in [0.4, 0.5) is 0 Å². The molecule has 1 saturated carbocycles. The molecule has 4 nitrogen and oxygen atoms in total. The lowest BCUT2D eigenvalue weighted by atomic mass is 9.87. The smallest absolute Gasteiger partial charge is 0.226 e. The number of rotatable bonds is 4. The molecule has 1 aromatic rings. The summed E-state index contributed by atoms with van der Waals surface area (Å²) in [6.07, 6.45) is 7.66. The van der Waals surface area contributed by atoms with Gasteiger partial charge < -0.3 is 10.3 Å². The SMILES string of the molecule is CC(CN)c1noc(CC2CCCCC2)n1. The molecule has 1 fully saturated rings. The second kappa shape index (κ2) is 5.43. The molecule has 2 N–H and O–H groups in total. The van der Waals surface area contributed by atoms with E-state index in [1.165, 1.54) is 32.1 Å². The summed E-state index contributed by atoms with van der Waals surface area (Å²) in [6.45, 7) is 2.59. The van der Waals surface area contributed by atoms with Crippen LogP contribution in [-0.4, -0.2) is 16.7 Å². The van der Waals surface area contributed by atoms with Crippen molar-refractivity contribution in [3.63, 3.8) is 0 Å². The van der Waals surface area contributed by atoms with E-state index in [1.807, 2.05) is 6.92 Å². The molecule has 0 amide bonds. The van der Waals surface area contributed by atoms with Gasteiger partial charge in [0.2, 0.25) is 5.89 Å². The Balaban J connectivity index is 1.91. The second-order valence-electron chi connectivity index (χ2n) is 4.89. The van der Waals surface area contributed by atoms with Gasteiger partial charge in [-0.05, 0) is 18.8 Å². The molecule has 1 aromatic heterocycles. The number of nitrogens with zero attached hydrogens (tertiary/aromatic N) is 2. The van der Waals surface area contributed by atoms with Crippen LogP contribution < -0.4 is 5.73 Å². The maximum Gasteiger partial charge on any atom is 0.226 e. The Morgan fingerprint density at radius 3 is 2.81 bits per heavy atom. The van der Waals surface area contributed by atoms with Gasteiger partial charge in [-0.15, -0.1) is 0 Å². The monoisotopic (exact) mass is 223 g/mol. The number of nitrogens with two attached hydrogens (primary N) is 1. The topological polar surface area (TPSA) is 64.9 Å². The van der Waals surface area contributed by atoms with Gasteiger partial charge in [-0.25, -0.2) is 0 Å². The predicted octanol–water partition coefficient (Wildman–Crippen LogP) is 2.25. The van der Waals surface area contributed by atoms with Gasteiger partial charge in [-0.1, -0.05) is 31.3 Å². The van der Waals surface area contributed by atoms with E-state index >= 15 is 0 Å². The average Bonchev–Trinajstić information content (AvgIpc) is 2.78. The van der Waals surface area contributed by atoms with E-state index in [-0.39, 0.29) is 5.92 Å².